The number of benzene rings is 2. The highest BCUT2D eigenvalue weighted by molar-refractivity contribution is 9.10. The molecule has 0 fully saturated rings. The van der Waals surface area contributed by atoms with Crippen molar-refractivity contribution in [3.63, 3.8) is 0 Å². The molecular formula is C18H16BrF4NO2. The molecule has 26 heavy (non-hydrogen) atoms. The highest BCUT2D eigenvalue weighted by Gasteiger charge is 2.47. The molecule has 0 N–H and O–H groups in total. The number of carbonyl (C=O) groups excluding carboxylic acids is 1. The maximum absolute atomic E-state index is 13.7. The molecule has 0 aliphatic carbocycles. The van der Waals surface area contributed by atoms with Crippen molar-refractivity contribution in [3.8, 4) is 0 Å². The van der Waals surface area contributed by atoms with E-state index in [9.17, 15) is 22.4 Å². The minimum atomic E-state index is -4.69. The quantitative estimate of drug-likeness (QED) is 0.553. The third-order valence-corrected chi connectivity index (χ3v) is 4.39. The van der Waals surface area contributed by atoms with Crippen LogP contribution in [0.1, 0.15) is 24.1 Å². The van der Waals surface area contributed by atoms with Crippen LogP contribution in [0.5, 0.6) is 0 Å². The van der Waals surface area contributed by atoms with Gasteiger partial charge < -0.3 is 4.74 Å². The average molecular weight is 434 g/mol. The molecule has 0 aromatic heterocycles. The Morgan fingerprint density at radius 2 is 1.77 bits per heavy atom. The van der Waals surface area contributed by atoms with Gasteiger partial charge in [-0.25, -0.2) is 9.18 Å². The minimum absolute atomic E-state index is 0.0828. The van der Waals surface area contributed by atoms with Crippen LogP contribution in [0.4, 0.5) is 22.4 Å². The van der Waals surface area contributed by atoms with E-state index in [0.29, 0.717) is 10.5 Å². The highest BCUT2D eigenvalue weighted by atomic mass is 79.9. The molecular weight excluding hydrogens is 418 g/mol. The number of rotatable bonds is 5. The molecule has 0 bridgehead atoms. The molecule has 0 saturated heterocycles. The van der Waals surface area contributed by atoms with E-state index in [-0.39, 0.29) is 23.2 Å². The number of hydrogen-bond acceptors (Lipinski definition) is 2. The minimum Gasteiger partial charge on any atom is -0.445 e. The first-order valence-electron chi connectivity index (χ1n) is 7.73. The Balaban J connectivity index is 2.22. The van der Waals surface area contributed by atoms with E-state index in [4.69, 9.17) is 4.74 Å². The van der Waals surface area contributed by atoms with Gasteiger partial charge in [-0.2, -0.15) is 13.2 Å². The van der Waals surface area contributed by atoms with Gasteiger partial charge in [0.05, 0.1) is 0 Å². The Bertz CT molecular complexity index is 750. The fraction of sp³-hybridized carbons (Fsp3) is 0.278. The fourth-order valence-corrected chi connectivity index (χ4v) is 2.95. The molecule has 1 amide bonds. The molecule has 3 nitrogen and oxygen atoms in total. The first-order chi connectivity index (χ1) is 12.2. The molecule has 1 unspecified atom stereocenters. The standard InChI is InChI=1S/C18H16BrF4NO2/c1-2-24(17(25)26-11-12-7-9-13(20)10-8-12)16(18(21,22)23)14-5-3-4-6-15(14)19/h3-10,16H,2,11H2,1H3. The second-order valence-electron chi connectivity index (χ2n) is 5.43. The third-order valence-electron chi connectivity index (χ3n) is 3.67. The highest BCUT2D eigenvalue weighted by Crippen LogP contribution is 2.40. The number of amides is 1. The summed E-state index contributed by atoms with van der Waals surface area (Å²) in [5.41, 5.74) is 0.390. The predicted octanol–water partition coefficient (Wildman–Crippen LogP) is 5.85. The first kappa shape index (κ1) is 20.2. The zero-order valence-electron chi connectivity index (χ0n) is 13.8. The van der Waals surface area contributed by atoms with Crippen LogP contribution in [-0.4, -0.2) is 23.7 Å². The van der Waals surface area contributed by atoms with Gasteiger partial charge in [0.1, 0.15) is 12.4 Å². The van der Waals surface area contributed by atoms with Crippen molar-refractivity contribution in [1.82, 2.24) is 4.90 Å². The van der Waals surface area contributed by atoms with Crippen LogP contribution < -0.4 is 0 Å². The molecule has 2 rings (SSSR count). The molecule has 2 aromatic carbocycles. The van der Waals surface area contributed by atoms with Crippen LogP contribution in [0.3, 0.4) is 0 Å². The Morgan fingerprint density at radius 1 is 1.15 bits per heavy atom. The molecule has 8 heteroatoms. The van der Waals surface area contributed by atoms with Gasteiger partial charge in [-0.05, 0) is 36.2 Å². The van der Waals surface area contributed by atoms with Gasteiger partial charge in [0.15, 0.2) is 6.04 Å². The molecule has 2 aromatic rings. The van der Waals surface area contributed by atoms with Gasteiger partial charge in [-0.15, -0.1) is 0 Å². The molecule has 140 valence electrons. The SMILES string of the molecule is CCN(C(=O)OCc1ccc(F)cc1)C(c1ccccc1Br)C(F)(F)F. The molecule has 0 aliphatic rings. The van der Waals surface area contributed by atoms with Gasteiger partial charge in [-0.1, -0.05) is 46.3 Å². The predicted molar refractivity (Wildman–Crippen MR) is 91.9 cm³/mol. The van der Waals surface area contributed by atoms with E-state index < -0.39 is 24.1 Å². The first-order valence-corrected chi connectivity index (χ1v) is 8.52. The number of alkyl halides is 3. The monoisotopic (exact) mass is 433 g/mol. The number of carbonyl (C=O) groups is 1. The van der Waals surface area contributed by atoms with E-state index in [1.807, 2.05) is 0 Å². The van der Waals surface area contributed by atoms with E-state index in [1.54, 1.807) is 6.07 Å². The maximum Gasteiger partial charge on any atom is 0.413 e. The molecule has 1 atom stereocenters. The average Bonchev–Trinajstić information content (AvgIpc) is 2.58. The summed E-state index contributed by atoms with van der Waals surface area (Å²) >= 11 is 3.10. The van der Waals surface area contributed by atoms with E-state index in [1.165, 1.54) is 49.4 Å². The summed E-state index contributed by atoms with van der Waals surface area (Å²) < 4.78 is 59.2. The van der Waals surface area contributed by atoms with Gasteiger partial charge in [0.25, 0.3) is 0 Å². The number of nitrogens with zero attached hydrogens (tertiary/aromatic N) is 1. The van der Waals surface area contributed by atoms with Crippen LogP contribution >= 0.6 is 15.9 Å². The summed E-state index contributed by atoms with van der Waals surface area (Å²) in [5.74, 6) is -0.457. The largest absolute Gasteiger partial charge is 0.445 e. The Hall–Kier alpha value is -2.09. The third kappa shape index (κ3) is 4.97. The second-order valence-corrected chi connectivity index (χ2v) is 6.29. The lowest BCUT2D eigenvalue weighted by Gasteiger charge is -2.32. The lowest BCUT2D eigenvalue weighted by molar-refractivity contribution is -0.181. The number of halogens is 5. The van der Waals surface area contributed by atoms with E-state index >= 15 is 0 Å². The molecule has 0 spiro atoms. The van der Waals surface area contributed by atoms with Crippen LogP contribution in [-0.2, 0) is 11.3 Å². The Labute approximate surface area is 156 Å². The molecule has 0 heterocycles. The van der Waals surface area contributed by atoms with Crippen molar-refractivity contribution in [1.29, 1.82) is 0 Å². The van der Waals surface area contributed by atoms with Gasteiger partial charge >= 0.3 is 12.3 Å². The van der Waals surface area contributed by atoms with Crippen molar-refractivity contribution in [3.05, 3.63) is 69.9 Å². The molecule has 0 radical (unpaired) electrons. The molecule has 0 saturated carbocycles. The van der Waals surface area contributed by atoms with Gasteiger partial charge in [0.2, 0.25) is 0 Å². The summed E-state index contributed by atoms with van der Waals surface area (Å²) in [7, 11) is 0. The van der Waals surface area contributed by atoms with E-state index in [2.05, 4.69) is 15.9 Å². The fourth-order valence-electron chi connectivity index (χ4n) is 2.44. The van der Waals surface area contributed by atoms with Crippen molar-refractivity contribution in [2.75, 3.05) is 6.54 Å². The van der Waals surface area contributed by atoms with Crippen molar-refractivity contribution in [2.45, 2.75) is 25.7 Å². The summed E-state index contributed by atoms with van der Waals surface area (Å²) in [4.78, 5) is 12.9. The zero-order valence-corrected chi connectivity index (χ0v) is 15.3. The summed E-state index contributed by atoms with van der Waals surface area (Å²) in [5, 5.41) is 0. The lowest BCUT2D eigenvalue weighted by Crippen LogP contribution is -2.42. The second kappa shape index (κ2) is 8.53. The van der Waals surface area contributed by atoms with Crippen molar-refractivity contribution >= 4 is 22.0 Å². The van der Waals surface area contributed by atoms with Gasteiger partial charge in [-0.3, -0.25) is 4.90 Å². The van der Waals surface area contributed by atoms with Crippen molar-refractivity contribution in [2.24, 2.45) is 0 Å². The summed E-state index contributed by atoms with van der Waals surface area (Å²) in [6.45, 7) is 0.985. The van der Waals surface area contributed by atoms with Crippen LogP contribution in [0.2, 0.25) is 0 Å². The maximum atomic E-state index is 13.7. The number of ether oxygens (including phenoxy) is 1. The van der Waals surface area contributed by atoms with Crippen LogP contribution in [0.15, 0.2) is 53.0 Å². The van der Waals surface area contributed by atoms with Crippen LogP contribution in [0.25, 0.3) is 0 Å². The summed E-state index contributed by atoms with van der Waals surface area (Å²) in [6.07, 6.45) is -5.79. The topological polar surface area (TPSA) is 29.5 Å². The smallest absolute Gasteiger partial charge is 0.413 e. The lowest BCUT2D eigenvalue weighted by atomic mass is 10.1. The van der Waals surface area contributed by atoms with Gasteiger partial charge in [0, 0.05) is 11.0 Å². The zero-order chi connectivity index (χ0) is 19.3. The Kier molecular flexibility index (Phi) is 6.63. The Morgan fingerprint density at radius 3 is 2.31 bits per heavy atom. The van der Waals surface area contributed by atoms with Crippen molar-refractivity contribution < 1.29 is 27.1 Å². The normalized spacial score (nSPS) is 12.5. The molecule has 0 aliphatic heterocycles. The number of hydrogen-bond donors (Lipinski definition) is 0. The summed E-state index contributed by atoms with van der Waals surface area (Å²) in [6, 6.07) is 8.84. The van der Waals surface area contributed by atoms with Crippen LogP contribution in [0, 0.1) is 5.82 Å². The van der Waals surface area contributed by atoms with E-state index in [0.717, 1.165) is 0 Å².